The maximum atomic E-state index is 12.4. The molecule has 1 aromatic heterocycles. The molecule has 1 amide bonds. The zero-order chi connectivity index (χ0) is 23.4. The van der Waals surface area contributed by atoms with Crippen molar-refractivity contribution in [2.75, 3.05) is 37.7 Å². The van der Waals surface area contributed by atoms with Crippen LogP contribution in [0.25, 0.3) is 11.1 Å². The Labute approximate surface area is 187 Å². The summed E-state index contributed by atoms with van der Waals surface area (Å²) in [5.74, 6) is -1.42. The Balaban J connectivity index is 1.22. The van der Waals surface area contributed by atoms with Crippen LogP contribution < -0.4 is 10.7 Å². The van der Waals surface area contributed by atoms with Crippen molar-refractivity contribution in [3.63, 3.8) is 0 Å². The lowest BCUT2D eigenvalue weighted by molar-refractivity contribution is -0.384. The van der Waals surface area contributed by atoms with E-state index < -0.39 is 16.6 Å². The Morgan fingerprint density at radius 2 is 1.73 bits per heavy atom. The average molecular weight is 454 g/mol. The van der Waals surface area contributed by atoms with E-state index in [0.29, 0.717) is 37.3 Å². The average Bonchev–Trinajstić information content (AvgIpc) is 3.16. The van der Waals surface area contributed by atoms with Gasteiger partial charge in [-0.1, -0.05) is 12.1 Å². The standard InChI is InChI=1S/C22H22N4O7/c27-20(24-13-11-23(12-14-24)16-5-7-17(8-6-16)26(30)31)15-32-21(28)9-10-25-18-3-1-2-4-19(18)33-22(25)29/h1-8H,9-15H2. The van der Waals surface area contributed by atoms with Gasteiger partial charge in [0.2, 0.25) is 0 Å². The van der Waals surface area contributed by atoms with E-state index in [1.165, 1.54) is 16.7 Å². The number of ether oxygens (including phenoxy) is 1. The topological polar surface area (TPSA) is 128 Å². The summed E-state index contributed by atoms with van der Waals surface area (Å²) in [6.45, 7) is 1.75. The van der Waals surface area contributed by atoms with Gasteiger partial charge in [0.1, 0.15) is 0 Å². The van der Waals surface area contributed by atoms with E-state index >= 15 is 0 Å². The minimum atomic E-state index is -0.579. The first kappa shape index (κ1) is 22.1. The Kier molecular flexibility index (Phi) is 6.38. The molecule has 33 heavy (non-hydrogen) atoms. The molecule has 0 N–H and O–H groups in total. The van der Waals surface area contributed by atoms with Crippen molar-refractivity contribution in [2.45, 2.75) is 13.0 Å². The molecule has 0 spiro atoms. The third-order valence-corrected chi connectivity index (χ3v) is 5.53. The number of esters is 1. The summed E-state index contributed by atoms with van der Waals surface area (Å²) < 4.78 is 11.6. The van der Waals surface area contributed by atoms with Crippen LogP contribution in [0.15, 0.2) is 57.7 Å². The predicted molar refractivity (Wildman–Crippen MR) is 118 cm³/mol. The molecule has 0 atom stereocenters. The molecular weight excluding hydrogens is 432 g/mol. The van der Waals surface area contributed by atoms with E-state index in [1.54, 1.807) is 41.3 Å². The first-order valence-electron chi connectivity index (χ1n) is 10.4. The van der Waals surface area contributed by atoms with E-state index in [9.17, 15) is 24.5 Å². The van der Waals surface area contributed by atoms with Gasteiger partial charge in [-0.25, -0.2) is 4.79 Å². The van der Waals surface area contributed by atoms with Gasteiger partial charge in [-0.05, 0) is 24.3 Å². The maximum absolute atomic E-state index is 12.4. The van der Waals surface area contributed by atoms with Gasteiger partial charge in [0.15, 0.2) is 12.2 Å². The zero-order valence-electron chi connectivity index (χ0n) is 17.7. The number of nitro benzene ring substituents is 1. The second-order valence-electron chi connectivity index (χ2n) is 7.54. The smallest absolute Gasteiger partial charge is 0.419 e. The van der Waals surface area contributed by atoms with Crippen LogP contribution in [0.1, 0.15) is 6.42 Å². The molecule has 4 rings (SSSR count). The first-order chi connectivity index (χ1) is 15.9. The first-order valence-corrected chi connectivity index (χ1v) is 10.4. The number of non-ortho nitro benzene ring substituents is 1. The van der Waals surface area contributed by atoms with Crippen LogP contribution in [0.2, 0.25) is 0 Å². The van der Waals surface area contributed by atoms with Gasteiger partial charge in [-0.2, -0.15) is 0 Å². The van der Waals surface area contributed by atoms with Gasteiger partial charge in [0.25, 0.3) is 11.6 Å². The van der Waals surface area contributed by atoms with Gasteiger partial charge >= 0.3 is 11.7 Å². The van der Waals surface area contributed by atoms with Crippen LogP contribution in [0.4, 0.5) is 11.4 Å². The third kappa shape index (κ3) is 5.03. The normalized spacial score (nSPS) is 13.8. The van der Waals surface area contributed by atoms with E-state index in [0.717, 1.165) is 5.69 Å². The quantitative estimate of drug-likeness (QED) is 0.300. The van der Waals surface area contributed by atoms with Crippen molar-refractivity contribution >= 4 is 34.4 Å². The summed E-state index contributed by atoms with van der Waals surface area (Å²) in [6, 6.07) is 13.2. The second-order valence-corrected chi connectivity index (χ2v) is 7.54. The number of anilines is 1. The Morgan fingerprint density at radius 1 is 1.03 bits per heavy atom. The third-order valence-electron chi connectivity index (χ3n) is 5.53. The van der Waals surface area contributed by atoms with Crippen LogP contribution in [-0.2, 0) is 20.9 Å². The summed E-state index contributed by atoms with van der Waals surface area (Å²) in [5, 5.41) is 10.8. The molecule has 1 saturated heterocycles. The van der Waals surface area contributed by atoms with Gasteiger partial charge in [0, 0.05) is 50.5 Å². The molecule has 0 aliphatic carbocycles. The lowest BCUT2D eigenvalue weighted by Gasteiger charge is -2.36. The molecule has 11 heteroatoms. The van der Waals surface area contributed by atoms with E-state index in [2.05, 4.69) is 0 Å². The number of aryl methyl sites for hydroxylation is 1. The predicted octanol–water partition coefficient (Wildman–Crippen LogP) is 1.78. The highest BCUT2D eigenvalue weighted by Crippen LogP contribution is 2.20. The van der Waals surface area contributed by atoms with Crippen molar-refractivity contribution in [3.05, 3.63) is 69.2 Å². The van der Waals surface area contributed by atoms with E-state index in [1.807, 2.05) is 4.90 Å². The number of para-hydroxylation sites is 2. The number of carbonyl (C=O) groups is 2. The summed E-state index contributed by atoms with van der Waals surface area (Å²) in [6.07, 6.45) is -0.0648. The number of amides is 1. The number of piperazine rings is 1. The highest BCUT2D eigenvalue weighted by Gasteiger charge is 2.22. The van der Waals surface area contributed by atoms with Crippen molar-refractivity contribution < 1.29 is 23.7 Å². The summed E-state index contributed by atoms with van der Waals surface area (Å²) >= 11 is 0. The number of carbonyl (C=O) groups excluding carboxylic acids is 2. The number of aromatic nitrogens is 1. The SMILES string of the molecule is O=C(CCn1c(=O)oc2ccccc21)OCC(=O)N1CCN(c2ccc([N+](=O)[O-])cc2)CC1. The minimum Gasteiger partial charge on any atom is -0.456 e. The molecule has 11 nitrogen and oxygen atoms in total. The van der Waals surface area contributed by atoms with Crippen molar-refractivity contribution in [3.8, 4) is 0 Å². The Morgan fingerprint density at radius 3 is 2.42 bits per heavy atom. The largest absolute Gasteiger partial charge is 0.456 e. The monoisotopic (exact) mass is 454 g/mol. The molecule has 3 aromatic rings. The molecule has 0 unspecified atom stereocenters. The fourth-order valence-corrected chi connectivity index (χ4v) is 3.73. The second kappa shape index (κ2) is 9.55. The van der Waals surface area contributed by atoms with Crippen LogP contribution in [-0.4, -0.2) is 59.1 Å². The van der Waals surface area contributed by atoms with Gasteiger partial charge in [-0.15, -0.1) is 0 Å². The number of nitro groups is 1. The molecule has 0 saturated carbocycles. The van der Waals surface area contributed by atoms with Crippen LogP contribution >= 0.6 is 0 Å². The number of hydrogen-bond donors (Lipinski definition) is 0. The highest BCUT2D eigenvalue weighted by molar-refractivity contribution is 5.81. The molecule has 1 aliphatic rings. The van der Waals surface area contributed by atoms with Gasteiger partial charge in [-0.3, -0.25) is 24.3 Å². The van der Waals surface area contributed by atoms with E-state index in [4.69, 9.17) is 9.15 Å². The molecule has 2 heterocycles. The van der Waals surface area contributed by atoms with E-state index in [-0.39, 0.29) is 31.2 Å². The molecule has 0 radical (unpaired) electrons. The molecule has 2 aromatic carbocycles. The van der Waals surface area contributed by atoms with Gasteiger partial charge in [0.05, 0.1) is 16.9 Å². The number of hydrogen-bond acceptors (Lipinski definition) is 8. The highest BCUT2D eigenvalue weighted by atomic mass is 16.6. The van der Waals surface area contributed by atoms with Crippen LogP contribution in [0.3, 0.4) is 0 Å². The van der Waals surface area contributed by atoms with Crippen molar-refractivity contribution in [1.82, 2.24) is 9.47 Å². The number of rotatable bonds is 7. The molecule has 1 aliphatic heterocycles. The van der Waals surface area contributed by atoms with Gasteiger partial charge < -0.3 is 19.0 Å². The lowest BCUT2D eigenvalue weighted by Crippen LogP contribution is -2.49. The molecule has 0 bridgehead atoms. The fourth-order valence-electron chi connectivity index (χ4n) is 3.73. The molecular formula is C22H22N4O7. The number of benzene rings is 2. The van der Waals surface area contributed by atoms with Crippen molar-refractivity contribution in [2.24, 2.45) is 0 Å². The van der Waals surface area contributed by atoms with Crippen LogP contribution in [0.5, 0.6) is 0 Å². The van der Waals surface area contributed by atoms with Crippen molar-refractivity contribution in [1.29, 1.82) is 0 Å². The lowest BCUT2D eigenvalue weighted by atomic mass is 10.2. The number of nitrogens with zero attached hydrogens (tertiary/aromatic N) is 4. The number of oxazole rings is 1. The van der Waals surface area contributed by atoms with Crippen LogP contribution in [0, 0.1) is 10.1 Å². The summed E-state index contributed by atoms with van der Waals surface area (Å²) in [5.41, 5.74) is 1.91. The summed E-state index contributed by atoms with van der Waals surface area (Å²) in [7, 11) is 0. The fraction of sp³-hybridized carbons (Fsp3) is 0.318. The zero-order valence-corrected chi connectivity index (χ0v) is 17.7. The molecule has 172 valence electrons. The minimum absolute atomic E-state index is 0.0280. The molecule has 1 fully saturated rings. The summed E-state index contributed by atoms with van der Waals surface area (Å²) in [4.78, 5) is 50.4. The Bertz CT molecular complexity index is 1220. The Hall–Kier alpha value is -4.15. The maximum Gasteiger partial charge on any atom is 0.419 e. The number of fused-ring (bicyclic) bond motifs is 1.